The molecule has 0 atom stereocenters. The van der Waals surface area contributed by atoms with E-state index in [0.29, 0.717) is 22.9 Å². The van der Waals surface area contributed by atoms with Gasteiger partial charge < -0.3 is 19.1 Å². The summed E-state index contributed by atoms with van der Waals surface area (Å²) < 4.78 is 30.7. The molecule has 1 heterocycles. The minimum atomic E-state index is -0.702. The van der Waals surface area contributed by atoms with E-state index < -0.39 is 5.95 Å². The molecule has 2 aromatic carbocycles. The van der Waals surface area contributed by atoms with Crippen molar-refractivity contribution in [1.82, 2.24) is 4.98 Å². The quantitative estimate of drug-likeness (QED) is 0.489. The molecular formula is C24H25FN2O4. The normalized spacial score (nSPS) is 10.5. The number of methoxy groups -OCH3 is 2. The molecule has 0 aliphatic carbocycles. The van der Waals surface area contributed by atoms with Crippen molar-refractivity contribution >= 4 is 11.6 Å². The molecule has 0 N–H and O–H groups in total. The van der Waals surface area contributed by atoms with Crippen LogP contribution in [-0.2, 0) is 11.3 Å². The van der Waals surface area contributed by atoms with E-state index in [0.717, 1.165) is 16.7 Å². The van der Waals surface area contributed by atoms with Gasteiger partial charge in [0.2, 0.25) is 17.7 Å². The van der Waals surface area contributed by atoms with Crippen LogP contribution in [0.5, 0.6) is 23.1 Å². The SMILES string of the molecule is COc1ccc(OC)c(CN(C(C)=O)c2ccc([18F])nc2Oc2cccc(C)c2C)c1. The highest BCUT2D eigenvalue weighted by Gasteiger charge is 2.22. The van der Waals surface area contributed by atoms with Crippen molar-refractivity contribution in [2.24, 2.45) is 0 Å². The molecular weight excluding hydrogens is 398 g/mol. The fourth-order valence-corrected chi connectivity index (χ4v) is 3.17. The van der Waals surface area contributed by atoms with E-state index in [2.05, 4.69) is 4.98 Å². The molecule has 6 nitrogen and oxygen atoms in total. The number of hydrogen-bond acceptors (Lipinski definition) is 5. The standard InChI is InChI=1S/C24H25FN2O4/c1-15-7-6-8-21(16(15)2)31-24-20(10-12-23(25)26-24)27(17(3)28)14-18-13-19(29-4)9-11-22(18)30-5/h6-13H,14H2,1-5H3/i25-1. The summed E-state index contributed by atoms with van der Waals surface area (Å²) >= 11 is 0. The Morgan fingerprint density at radius 1 is 1.03 bits per heavy atom. The van der Waals surface area contributed by atoms with Crippen molar-refractivity contribution in [2.75, 3.05) is 19.1 Å². The van der Waals surface area contributed by atoms with Gasteiger partial charge in [-0.2, -0.15) is 9.37 Å². The molecule has 0 aliphatic rings. The fraction of sp³-hybridized carbons (Fsp3) is 0.250. The van der Waals surface area contributed by atoms with Crippen LogP contribution in [0, 0.1) is 19.8 Å². The molecule has 162 valence electrons. The maximum atomic E-state index is 14.0. The topological polar surface area (TPSA) is 60.9 Å². The molecule has 1 amide bonds. The van der Waals surface area contributed by atoms with Crippen molar-refractivity contribution in [3.05, 3.63) is 71.2 Å². The van der Waals surface area contributed by atoms with E-state index in [1.54, 1.807) is 38.5 Å². The minimum Gasteiger partial charge on any atom is -0.497 e. The number of benzene rings is 2. The van der Waals surface area contributed by atoms with E-state index in [1.807, 2.05) is 26.0 Å². The van der Waals surface area contributed by atoms with Crippen LogP contribution >= 0.6 is 0 Å². The lowest BCUT2D eigenvalue weighted by Crippen LogP contribution is -2.28. The first kappa shape index (κ1) is 22.1. The van der Waals surface area contributed by atoms with Gasteiger partial charge in [0.15, 0.2) is 0 Å². The third-order valence-electron chi connectivity index (χ3n) is 5.05. The van der Waals surface area contributed by atoms with Crippen LogP contribution in [0.25, 0.3) is 0 Å². The molecule has 0 spiro atoms. The Balaban J connectivity index is 2.05. The zero-order chi connectivity index (χ0) is 22.5. The number of rotatable bonds is 7. The lowest BCUT2D eigenvalue weighted by Gasteiger charge is -2.24. The van der Waals surface area contributed by atoms with Crippen LogP contribution in [-0.4, -0.2) is 25.1 Å². The number of halogens is 1. The van der Waals surface area contributed by atoms with Gasteiger partial charge in [-0.1, -0.05) is 12.1 Å². The highest BCUT2D eigenvalue weighted by Crippen LogP contribution is 2.35. The average Bonchev–Trinajstić information content (AvgIpc) is 2.75. The Morgan fingerprint density at radius 3 is 2.48 bits per heavy atom. The van der Waals surface area contributed by atoms with Crippen molar-refractivity contribution in [3.63, 3.8) is 0 Å². The summed E-state index contributed by atoms with van der Waals surface area (Å²) in [6.07, 6.45) is 0. The number of aryl methyl sites for hydroxylation is 1. The summed E-state index contributed by atoms with van der Waals surface area (Å²) in [4.78, 5) is 18.0. The van der Waals surface area contributed by atoms with Crippen LogP contribution in [0.4, 0.5) is 10.1 Å². The molecule has 1 aromatic heterocycles. The van der Waals surface area contributed by atoms with Crippen LogP contribution in [0.2, 0.25) is 0 Å². The van der Waals surface area contributed by atoms with Gasteiger partial charge >= 0.3 is 0 Å². The van der Waals surface area contributed by atoms with Gasteiger partial charge in [0.1, 0.15) is 22.9 Å². The Labute approximate surface area is 181 Å². The summed E-state index contributed by atoms with van der Waals surface area (Å²) in [5.41, 5.74) is 3.00. The molecule has 3 aromatic rings. The lowest BCUT2D eigenvalue weighted by atomic mass is 10.1. The summed E-state index contributed by atoms with van der Waals surface area (Å²) in [5, 5.41) is 0. The second-order valence-electron chi connectivity index (χ2n) is 7.04. The monoisotopic (exact) mass is 423 g/mol. The van der Waals surface area contributed by atoms with Crippen LogP contribution in [0.3, 0.4) is 0 Å². The molecule has 0 aliphatic heterocycles. The Hall–Kier alpha value is -3.61. The van der Waals surface area contributed by atoms with Crippen molar-refractivity contribution in [2.45, 2.75) is 27.3 Å². The maximum absolute atomic E-state index is 14.0. The molecule has 7 heteroatoms. The van der Waals surface area contributed by atoms with E-state index in [4.69, 9.17) is 14.2 Å². The third-order valence-corrected chi connectivity index (χ3v) is 5.05. The zero-order valence-electron chi connectivity index (χ0n) is 18.2. The van der Waals surface area contributed by atoms with Crippen molar-refractivity contribution in [1.29, 1.82) is 0 Å². The van der Waals surface area contributed by atoms with Gasteiger partial charge in [-0.05, 0) is 61.4 Å². The first-order valence-corrected chi connectivity index (χ1v) is 9.73. The van der Waals surface area contributed by atoms with Gasteiger partial charge in [-0.15, -0.1) is 0 Å². The van der Waals surface area contributed by atoms with Crippen LogP contribution in [0.1, 0.15) is 23.6 Å². The average molecular weight is 423 g/mol. The van der Waals surface area contributed by atoms with Crippen molar-refractivity contribution < 1.29 is 23.4 Å². The molecule has 0 unspecified atom stereocenters. The molecule has 0 fully saturated rings. The first-order valence-electron chi connectivity index (χ1n) is 9.73. The largest absolute Gasteiger partial charge is 0.497 e. The minimum absolute atomic E-state index is 0.00534. The Kier molecular flexibility index (Phi) is 6.74. The molecule has 0 bridgehead atoms. The number of amides is 1. The van der Waals surface area contributed by atoms with E-state index in [9.17, 15) is 9.18 Å². The maximum Gasteiger partial charge on any atom is 0.246 e. The predicted molar refractivity (Wildman–Crippen MR) is 117 cm³/mol. The number of aromatic nitrogens is 1. The number of nitrogens with zero attached hydrogens (tertiary/aromatic N) is 2. The summed E-state index contributed by atoms with van der Waals surface area (Å²) in [6.45, 7) is 5.45. The molecule has 0 saturated heterocycles. The van der Waals surface area contributed by atoms with Crippen LogP contribution in [0.15, 0.2) is 48.5 Å². The predicted octanol–water partition coefficient (Wildman–Crippen LogP) is 5.20. The second-order valence-corrected chi connectivity index (χ2v) is 7.04. The lowest BCUT2D eigenvalue weighted by molar-refractivity contribution is -0.116. The summed E-state index contributed by atoms with van der Waals surface area (Å²) in [7, 11) is 3.12. The molecule has 0 radical (unpaired) electrons. The van der Waals surface area contributed by atoms with Gasteiger partial charge in [0.25, 0.3) is 0 Å². The smallest absolute Gasteiger partial charge is 0.246 e. The van der Waals surface area contributed by atoms with Gasteiger partial charge in [0, 0.05) is 12.5 Å². The molecule has 3 rings (SSSR count). The Morgan fingerprint density at radius 2 is 1.81 bits per heavy atom. The summed E-state index contributed by atoms with van der Waals surface area (Å²) in [5.74, 6) is 0.811. The number of anilines is 1. The molecule has 31 heavy (non-hydrogen) atoms. The van der Waals surface area contributed by atoms with E-state index >= 15 is 0 Å². The van der Waals surface area contributed by atoms with E-state index in [-0.39, 0.29) is 18.3 Å². The number of ether oxygens (including phenoxy) is 3. The second kappa shape index (κ2) is 9.47. The molecule has 0 saturated carbocycles. The van der Waals surface area contributed by atoms with Crippen LogP contribution < -0.4 is 19.1 Å². The highest BCUT2D eigenvalue weighted by molar-refractivity contribution is 5.92. The van der Waals surface area contributed by atoms with E-state index in [1.165, 1.54) is 24.0 Å². The number of hydrogen-bond donors (Lipinski definition) is 0. The van der Waals surface area contributed by atoms with Gasteiger partial charge in [0.05, 0.1) is 20.8 Å². The fourth-order valence-electron chi connectivity index (χ4n) is 3.17. The summed E-state index contributed by atoms with van der Waals surface area (Å²) in [6, 6.07) is 13.6. The number of pyridine rings is 1. The number of carbonyl (C=O) groups is 1. The van der Waals surface area contributed by atoms with Gasteiger partial charge in [-0.3, -0.25) is 4.79 Å². The Bertz CT molecular complexity index is 1100. The van der Waals surface area contributed by atoms with Crippen molar-refractivity contribution in [3.8, 4) is 23.1 Å². The zero-order valence-corrected chi connectivity index (χ0v) is 18.2. The third kappa shape index (κ3) is 4.94. The van der Waals surface area contributed by atoms with Gasteiger partial charge in [-0.25, -0.2) is 0 Å². The highest BCUT2D eigenvalue weighted by atomic mass is 18.2. The first-order chi connectivity index (χ1) is 14.8. The number of carbonyl (C=O) groups excluding carboxylic acids is 1.